The molecule has 0 aromatic carbocycles. The molecule has 2 atom stereocenters. The molecular weight excluding hydrogens is 333 g/mol. The second kappa shape index (κ2) is 13.8. The molecule has 24 heavy (non-hydrogen) atoms. The fourth-order valence-corrected chi connectivity index (χ4v) is 2.01. The van der Waals surface area contributed by atoms with E-state index in [-0.39, 0.29) is 42.5 Å². The first-order valence-electron chi connectivity index (χ1n) is 7.97. The van der Waals surface area contributed by atoms with E-state index in [9.17, 15) is 23.5 Å². The number of amides is 1. The van der Waals surface area contributed by atoms with Gasteiger partial charge in [0.1, 0.15) is 5.54 Å². The topological polar surface area (TPSA) is 104 Å². The number of carbonyl (C=O) groups is 2. The monoisotopic (exact) mass is 360 g/mol. The van der Waals surface area contributed by atoms with E-state index in [4.69, 9.17) is 10.5 Å². The first-order valence-corrected chi connectivity index (χ1v) is 7.97. The molecule has 0 aromatic rings. The third-order valence-electron chi connectivity index (χ3n) is 3.80. The van der Waals surface area contributed by atoms with Crippen LogP contribution in [0.2, 0.25) is 0 Å². The van der Waals surface area contributed by atoms with Crippen molar-refractivity contribution in [1.82, 2.24) is 5.32 Å². The Hall–Kier alpha value is -0.440. The Balaban J connectivity index is 0. The summed E-state index contributed by atoms with van der Waals surface area (Å²) in [5, 5.41) is 13.1. The minimum absolute atomic E-state index is 0. The molecule has 0 rings (SSSR count). The number of carboxylic acids is 1. The molecule has 0 saturated carbocycles. The number of alkyl halides is 2. The molecule has 0 radical (unpaired) electrons. The van der Waals surface area contributed by atoms with Gasteiger partial charge in [-0.1, -0.05) is 33.1 Å². The average molecular weight is 360 g/mol. The molecule has 0 aliphatic carbocycles. The minimum Gasteiger partial charge on any atom is -0.548 e. The number of rotatable bonds is 12. The maximum Gasteiger partial charge on any atom is 1.00 e. The second-order valence-electron chi connectivity index (χ2n) is 5.67. The molecule has 0 bridgehead atoms. The SMILES string of the molecule is CCCCC(CC)COC(=O)NCCCC(N)(C(=O)[O-])C(F)F.[Na+]. The Labute approximate surface area is 164 Å². The van der Waals surface area contributed by atoms with Crippen molar-refractivity contribution >= 4 is 12.1 Å². The van der Waals surface area contributed by atoms with Gasteiger partial charge >= 0.3 is 35.7 Å². The van der Waals surface area contributed by atoms with Crippen molar-refractivity contribution in [3.63, 3.8) is 0 Å². The Morgan fingerprint density at radius 1 is 1.29 bits per heavy atom. The van der Waals surface area contributed by atoms with E-state index >= 15 is 0 Å². The van der Waals surface area contributed by atoms with Crippen LogP contribution in [0.4, 0.5) is 13.6 Å². The van der Waals surface area contributed by atoms with Gasteiger partial charge in [0.25, 0.3) is 6.43 Å². The van der Waals surface area contributed by atoms with E-state index in [1.165, 1.54) is 0 Å². The van der Waals surface area contributed by atoms with Crippen molar-refractivity contribution in [3.8, 4) is 0 Å². The Morgan fingerprint density at radius 2 is 1.92 bits per heavy atom. The zero-order valence-corrected chi connectivity index (χ0v) is 16.8. The van der Waals surface area contributed by atoms with E-state index in [2.05, 4.69) is 12.2 Å². The number of hydrogen-bond donors (Lipinski definition) is 2. The van der Waals surface area contributed by atoms with Crippen molar-refractivity contribution in [2.24, 2.45) is 11.7 Å². The van der Waals surface area contributed by atoms with E-state index in [0.717, 1.165) is 25.7 Å². The largest absolute Gasteiger partial charge is 1.00 e. The predicted octanol–water partition coefficient (Wildman–Crippen LogP) is -1.57. The molecule has 0 fully saturated rings. The van der Waals surface area contributed by atoms with Crippen molar-refractivity contribution < 1.29 is 57.8 Å². The maximum atomic E-state index is 12.6. The Morgan fingerprint density at radius 3 is 2.38 bits per heavy atom. The number of nitrogens with two attached hydrogens (primary N) is 1. The van der Waals surface area contributed by atoms with Crippen LogP contribution in [-0.4, -0.2) is 37.2 Å². The molecule has 0 aliphatic heterocycles. The molecule has 0 heterocycles. The summed E-state index contributed by atoms with van der Waals surface area (Å²) in [6.45, 7) is 4.42. The fourth-order valence-electron chi connectivity index (χ4n) is 2.01. The van der Waals surface area contributed by atoms with Crippen LogP contribution in [0, 0.1) is 5.92 Å². The van der Waals surface area contributed by atoms with Gasteiger partial charge in [-0.25, -0.2) is 13.6 Å². The molecule has 0 aliphatic rings. The standard InChI is InChI=1S/C15H28F2N2O4.Na/c1-3-5-7-11(4-2)10-23-14(22)19-9-6-8-15(18,12(16)17)13(20)21;/h11-12H,3-10,18H2,1-2H3,(H,19,22)(H,20,21);/q;+1/p-1. The van der Waals surface area contributed by atoms with Gasteiger partial charge < -0.3 is 25.7 Å². The van der Waals surface area contributed by atoms with E-state index in [1.54, 1.807) is 0 Å². The Bertz CT molecular complexity index is 375. The predicted molar refractivity (Wildman–Crippen MR) is 79.8 cm³/mol. The molecule has 3 N–H and O–H groups in total. The third kappa shape index (κ3) is 9.76. The van der Waals surface area contributed by atoms with Gasteiger partial charge in [-0.2, -0.15) is 0 Å². The van der Waals surface area contributed by atoms with Crippen LogP contribution in [-0.2, 0) is 9.53 Å². The van der Waals surface area contributed by atoms with Gasteiger partial charge in [0.15, 0.2) is 0 Å². The number of carboxylic acid groups (broad SMARTS) is 1. The summed E-state index contributed by atoms with van der Waals surface area (Å²) in [6.07, 6.45) is -0.362. The van der Waals surface area contributed by atoms with Crippen LogP contribution >= 0.6 is 0 Å². The molecule has 0 aromatic heterocycles. The zero-order chi connectivity index (χ0) is 17.9. The summed E-state index contributed by atoms with van der Waals surface area (Å²) in [6, 6.07) is 0. The van der Waals surface area contributed by atoms with Gasteiger partial charge in [0.2, 0.25) is 0 Å². The van der Waals surface area contributed by atoms with Gasteiger partial charge in [-0.05, 0) is 25.2 Å². The molecule has 136 valence electrons. The molecule has 2 unspecified atom stereocenters. The summed E-state index contributed by atoms with van der Waals surface area (Å²) in [5.74, 6) is -1.70. The molecule has 1 amide bonds. The van der Waals surface area contributed by atoms with Gasteiger partial charge in [-0.15, -0.1) is 0 Å². The van der Waals surface area contributed by atoms with Crippen LogP contribution in [0.5, 0.6) is 0 Å². The van der Waals surface area contributed by atoms with Gasteiger partial charge in [0, 0.05) is 6.54 Å². The van der Waals surface area contributed by atoms with Crippen molar-refractivity contribution in [1.29, 1.82) is 0 Å². The van der Waals surface area contributed by atoms with Crippen LogP contribution in [0.25, 0.3) is 0 Å². The summed E-state index contributed by atoms with van der Waals surface area (Å²) in [7, 11) is 0. The van der Waals surface area contributed by atoms with Crippen molar-refractivity contribution in [2.45, 2.75) is 64.3 Å². The average Bonchev–Trinajstić information content (AvgIpc) is 2.51. The molecule has 9 heteroatoms. The van der Waals surface area contributed by atoms with Crippen molar-refractivity contribution in [2.75, 3.05) is 13.2 Å². The number of aliphatic carboxylic acids is 1. The molecular formula is C15H27F2N2NaO4. The number of nitrogens with one attached hydrogen (secondary N) is 1. The van der Waals surface area contributed by atoms with Crippen molar-refractivity contribution in [3.05, 3.63) is 0 Å². The molecule has 6 nitrogen and oxygen atoms in total. The summed E-state index contributed by atoms with van der Waals surface area (Å²) < 4.78 is 30.3. The summed E-state index contributed by atoms with van der Waals surface area (Å²) in [5.41, 5.74) is 2.41. The smallest absolute Gasteiger partial charge is 0.548 e. The fraction of sp³-hybridized carbons (Fsp3) is 0.867. The van der Waals surface area contributed by atoms with Crippen LogP contribution in [0.1, 0.15) is 52.4 Å². The number of hydrogen-bond acceptors (Lipinski definition) is 5. The number of alkyl carbamates (subject to hydrolysis) is 1. The van der Waals surface area contributed by atoms with E-state index in [0.29, 0.717) is 12.5 Å². The maximum absolute atomic E-state index is 12.6. The van der Waals surface area contributed by atoms with Crippen LogP contribution in [0.15, 0.2) is 0 Å². The number of carbonyl (C=O) groups excluding carboxylic acids is 2. The molecule has 0 spiro atoms. The zero-order valence-electron chi connectivity index (χ0n) is 14.8. The first kappa shape index (κ1) is 25.8. The number of halogens is 2. The number of ether oxygens (including phenoxy) is 1. The summed E-state index contributed by atoms with van der Waals surface area (Å²) in [4.78, 5) is 22.1. The quantitative estimate of drug-likeness (QED) is 0.323. The second-order valence-corrected chi connectivity index (χ2v) is 5.67. The van der Waals surface area contributed by atoms with Crippen LogP contribution in [0.3, 0.4) is 0 Å². The van der Waals surface area contributed by atoms with Gasteiger partial charge in [0.05, 0.1) is 12.6 Å². The first-order chi connectivity index (χ1) is 10.8. The normalized spacial score (nSPS) is 14.4. The van der Waals surface area contributed by atoms with E-state index < -0.39 is 30.4 Å². The van der Waals surface area contributed by atoms with Crippen LogP contribution < -0.4 is 45.7 Å². The number of unbranched alkanes of at least 4 members (excludes halogenated alkanes) is 1. The van der Waals surface area contributed by atoms with E-state index in [1.807, 2.05) is 6.92 Å². The summed E-state index contributed by atoms with van der Waals surface area (Å²) >= 11 is 0. The Kier molecular flexibility index (Phi) is 14.8. The molecule has 0 saturated heterocycles. The van der Waals surface area contributed by atoms with Gasteiger partial charge in [-0.3, -0.25) is 0 Å². The third-order valence-corrected chi connectivity index (χ3v) is 3.80. The minimum atomic E-state index is -3.23.